The molecule has 1 atom stereocenters. The molecule has 1 amide bonds. The van der Waals surface area contributed by atoms with Crippen molar-refractivity contribution in [3.05, 3.63) is 48.2 Å². The van der Waals surface area contributed by atoms with Gasteiger partial charge in [-0.3, -0.25) is 4.79 Å². The van der Waals surface area contributed by atoms with Crippen LogP contribution in [0.1, 0.15) is 12.0 Å². The van der Waals surface area contributed by atoms with E-state index < -0.39 is 0 Å². The van der Waals surface area contributed by atoms with Crippen molar-refractivity contribution in [2.45, 2.75) is 23.3 Å². The van der Waals surface area contributed by atoms with Gasteiger partial charge in [-0.25, -0.2) is 0 Å². The number of hydrogen-bond donors (Lipinski definition) is 1. The van der Waals surface area contributed by atoms with Gasteiger partial charge < -0.3 is 14.2 Å². The monoisotopic (exact) mass is 327 g/mol. The summed E-state index contributed by atoms with van der Waals surface area (Å²) in [6.45, 7) is 0. The number of carbonyl (C=O) groups is 1. The Balaban J connectivity index is 1.50. The molecule has 0 radical (unpaired) electrons. The number of carbonyl (C=O) groups excluding carboxylic acids is 1. The van der Waals surface area contributed by atoms with E-state index in [1.165, 1.54) is 11.8 Å². The van der Waals surface area contributed by atoms with E-state index in [2.05, 4.69) is 15.5 Å². The number of fused-ring (bicyclic) bond motifs is 1. The van der Waals surface area contributed by atoms with E-state index in [1.54, 1.807) is 18.4 Å². The number of aryl methyl sites for hydroxylation is 1. The largest absolute Gasteiger partial charge is 0.459 e. The zero-order valence-corrected chi connectivity index (χ0v) is 12.9. The van der Waals surface area contributed by atoms with Crippen LogP contribution in [0, 0.1) is 0 Å². The average Bonchev–Trinajstić information content (AvgIpc) is 3.21. The average molecular weight is 327 g/mol. The topological polar surface area (TPSA) is 81.2 Å². The highest BCUT2D eigenvalue weighted by Gasteiger charge is 2.26. The molecule has 0 unspecified atom stereocenters. The van der Waals surface area contributed by atoms with Gasteiger partial charge in [-0.1, -0.05) is 30.0 Å². The molecule has 116 valence electrons. The summed E-state index contributed by atoms with van der Waals surface area (Å²) in [6.07, 6.45) is 3.08. The maximum atomic E-state index is 12.4. The number of furan rings is 1. The second kappa shape index (κ2) is 5.92. The van der Waals surface area contributed by atoms with E-state index in [0.29, 0.717) is 23.3 Å². The van der Waals surface area contributed by atoms with Crippen LogP contribution in [0.5, 0.6) is 0 Å². The molecule has 0 bridgehead atoms. The van der Waals surface area contributed by atoms with E-state index in [0.717, 1.165) is 17.7 Å². The first-order valence-electron chi connectivity index (χ1n) is 7.22. The van der Waals surface area contributed by atoms with Gasteiger partial charge in [0, 0.05) is 5.69 Å². The van der Waals surface area contributed by atoms with Crippen LogP contribution in [-0.2, 0) is 11.2 Å². The highest BCUT2D eigenvalue weighted by atomic mass is 32.2. The molecule has 1 aliphatic rings. The van der Waals surface area contributed by atoms with E-state index in [1.807, 2.05) is 24.3 Å². The van der Waals surface area contributed by atoms with Crippen LogP contribution in [0.25, 0.3) is 11.7 Å². The quantitative estimate of drug-likeness (QED) is 0.794. The maximum absolute atomic E-state index is 12.4. The first kappa shape index (κ1) is 14.1. The third-order valence-corrected chi connectivity index (χ3v) is 4.73. The Labute approximate surface area is 136 Å². The molecular formula is C16H13N3O3S. The van der Waals surface area contributed by atoms with Gasteiger partial charge in [0.1, 0.15) is 0 Å². The number of hydrogen-bond acceptors (Lipinski definition) is 6. The van der Waals surface area contributed by atoms with Gasteiger partial charge in [0.25, 0.3) is 11.1 Å². The zero-order chi connectivity index (χ0) is 15.6. The number of benzene rings is 1. The first-order valence-corrected chi connectivity index (χ1v) is 8.10. The number of amides is 1. The Hall–Kier alpha value is -2.54. The molecule has 0 saturated carbocycles. The van der Waals surface area contributed by atoms with Crippen molar-refractivity contribution in [3.8, 4) is 11.7 Å². The highest BCUT2D eigenvalue weighted by Crippen LogP contribution is 2.32. The Bertz CT molecular complexity index is 829. The lowest BCUT2D eigenvalue weighted by molar-refractivity contribution is -0.115. The SMILES string of the molecule is O=C1Nc2ccccc2CC[C@H]1Sc1nnc(-c2ccco2)o1. The summed E-state index contributed by atoms with van der Waals surface area (Å²) in [6, 6.07) is 11.3. The lowest BCUT2D eigenvalue weighted by Gasteiger charge is -2.09. The van der Waals surface area contributed by atoms with Crippen LogP contribution >= 0.6 is 11.8 Å². The minimum atomic E-state index is -0.271. The van der Waals surface area contributed by atoms with Gasteiger partial charge in [0.05, 0.1) is 11.5 Å². The molecule has 2 aromatic heterocycles. The molecule has 1 aliphatic heterocycles. The third kappa shape index (κ3) is 2.87. The van der Waals surface area contributed by atoms with Gasteiger partial charge in [0.15, 0.2) is 5.76 Å². The number of nitrogens with zero attached hydrogens (tertiary/aromatic N) is 2. The standard InChI is InChI=1S/C16H13N3O3S/c20-14-13(8-7-10-4-1-2-5-11(10)17-14)23-16-19-18-15(22-16)12-6-3-9-21-12/h1-6,9,13H,7-8H2,(H,17,20)/t13-/m1/s1. The van der Waals surface area contributed by atoms with Gasteiger partial charge in [-0.05, 0) is 36.6 Å². The van der Waals surface area contributed by atoms with Crippen LogP contribution in [-0.4, -0.2) is 21.4 Å². The minimum Gasteiger partial charge on any atom is -0.459 e. The van der Waals surface area contributed by atoms with Gasteiger partial charge >= 0.3 is 0 Å². The number of rotatable bonds is 3. The van der Waals surface area contributed by atoms with Crippen LogP contribution in [0.2, 0.25) is 0 Å². The first-order chi connectivity index (χ1) is 11.3. The summed E-state index contributed by atoms with van der Waals surface area (Å²) in [5.74, 6) is 0.787. The summed E-state index contributed by atoms with van der Waals surface area (Å²) in [5, 5.41) is 11.0. The molecule has 1 N–H and O–H groups in total. The molecule has 3 aromatic rings. The second-order valence-electron chi connectivity index (χ2n) is 5.14. The highest BCUT2D eigenvalue weighted by molar-refractivity contribution is 8.00. The molecule has 3 heterocycles. The van der Waals surface area contributed by atoms with Crippen molar-refractivity contribution in [3.63, 3.8) is 0 Å². The normalized spacial score (nSPS) is 17.4. The predicted molar refractivity (Wildman–Crippen MR) is 85.0 cm³/mol. The smallest absolute Gasteiger partial charge is 0.284 e. The molecule has 0 fully saturated rings. The Morgan fingerprint density at radius 2 is 2.09 bits per heavy atom. The Kier molecular flexibility index (Phi) is 3.63. The molecule has 0 saturated heterocycles. The summed E-state index contributed by atoms with van der Waals surface area (Å²) in [7, 11) is 0. The number of nitrogens with one attached hydrogen (secondary N) is 1. The Morgan fingerprint density at radius 3 is 2.96 bits per heavy atom. The Morgan fingerprint density at radius 1 is 1.17 bits per heavy atom. The lowest BCUT2D eigenvalue weighted by atomic mass is 10.1. The van der Waals surface area contributed by atoms with Gasteiger partial charge in [-0.15, -0.1) is 10.2 Å². The van der Waals surface area contributed by atoms with Crippen molar-refractivity contribution < 1.29 is 13.6 Å². The molecule has 0 aliphatic carbocycles. The minimum absolute atomic E-state index is 0.0438. The van der Waals surface area contributed by atoms with Crippen LogP contribution in [0.3, 0.4) is 0 Å². The lowest BCUT2D eigenvalue weighted by Crippen LogP contribution is -2.23. The van der Waals surface area contributed by atoms with Crippen LogP contribution in [0.15, 0.2) is 56.7 Å². The van der Waals surface area contributed by atoms with Gasteiger partial charge in [0.2, 0.25) is 5.91 Å². The maximum Gasteiger partial charge on any atom is 0.284 e. The molecular weight excluding hydrogens is 314 g/mol. The van der Waals surface area contributed by atoms with Crippen LogP contribution < -0.4 is 5.32 Å². The second-order valence-corrected chi connectivity index (χ2v) is 6.30. The van der Waals surface area contributed by atoms with E-state index in [-0.39, 0.29) is 11.2 Å². The van der Waals surface area contributed by atoms with E-state index in [4.69, 9.17) is 8.83 Å². The summed E-state index contributed by atoms with van der Waals surface area (Å²) in [4.78, 5) is 12.4. The summed E-state index contributed by atoms with van der Waals surface area (Å²) >= 11 is 1.28. The van der Waals surface area contributed by atoms with Crippen molar-refractivity contribution in [2.24, 2.45) is 0 Å². The van der Waals surface area contributed by atoms with Gasteiger partial charge in [-0.2, -0.15) is 0 Å². The van der Waals surface area contributed by atoms with Crippen molar-refractivity contribution in [2.75, 3.05) is 5.32 Å². The number of thioether (sulfide) groups is 1. The number of anilines is 1. The molecule has 23 heavy (non-hydrogen) atoms. The van der Waals surface area contributed by atoms with Crippen molar-refractivity contribution in [1.29, 1.82) is 0 Å². The number of aromatic nitrogens is 2. The molecule has 0 spiro atoms. The molecule has 1 aromatic carbocycles. The third-order valence-electron chi connectivity index (χ3n) is 3.63. The fourth-order valence-electron chi connectivity index (χ4n) is 2.48. The zero-order valence-electron chi connectivity index (χ0n) is 12.1. The van der Waals surface area contributed by atoms with E-state index >= 15 is 0 Å². The molecule has 7 heteroatoms. The van der Waals surface area contributed by atoms with Crippen molar-refractivity contribution >= 4 is 23.4 Å². The van der Waals surface area contributed by atoms with Crippen LogP contribution in [0.4, 0.5) is 5.69 Å². The van der Waals surface area contributed by atoms with Crippen molar-refractivity contribution in [1.82, 2.24) is 10.2 Å². The van der Waals surface area contributed by atoms with E-state index in [9.17, 15) is 4.79 Å². The predicted octanol–water partition coefficient (Wildman–Crippen LogP) is 3.38. The summed E-state index contributed by atoms with van der Waals surface area (Å²) in [5.41, 5.74) is 2.02. The molecule has 4 rings (SSSR count). The fraction of sp³-hybridized carbons (Fsp3) is 0.188. The fourth-order valence-corrected chi connectivity index (χ4v) is 3.34. The summed E-state index contributed by atoms with van der Waals surface area (Å²) < 4.78 is 10.8. The molecule has 6 nitrogen and oxygen atoms in total. The number of para-hydroxylation sites is 1.